The van der Waals surface area contributed by atoms with E-state index in [9.17, 15) is 0 Å². The van der Waals surface area contributed by atoms with Crippen LogP contribution in [0.1, 0.15) is 11.1 Å². The Morgan fingerprint density at radius 3 is 2.67 bits per heavy atom. The van der Waals surface area contributed by atoms with Crippen molar-refractivity contribution in [3.63, 3.8) is 0 Å². The molecule has 0 aliphatic rings. The molecule has 0 spiro atoms. The Hall–Kier alpha value is -1.31. The zero-order valence-electron chi connectivity index (χ0n) is 7.66. The lowest BCUT2D eigenvalue weighted by atomic mass is 10.1. The number of aryl methyl sites for hydroxylation is 2. The van der Waals surface area contributed by atoms with Crippen LogP contribution in [-0.2, 0) is 4.74 Å². The van der Waals surface area contributed by atoms with Crippen LogP contribution in [0.5, 0.6) is 0 Å². The van der Waals surface area contributed by atoms with Crippen molar-refractivity contribution in [3.05, 3.63) is 29.3 Å². The van der Waals surface area contributed by atoms with Gasteiger partial charge < -0.3 is 4.74 Å². The van der Waals surface area contributed by atoms with Gasteiger partial charge in [-0.15, -0.1) is 0 Å². The third-order valence-corrected chi connectivity index (χ3v) is 1.65. The number of hydrogen-bond acceptors (Lipinski definition) is 2. The number of hydrogen-bond donors (Lipinski definition) is 0. The van der Waals surface area contributed by atoms with Crippen molar-refractivity contribution in [2.45, 2.75) is 13.8 Å². The van der Waals surface area contributed by atoms with Gasteiger partial charge in [0.2, 0.25) is 0 Å². The van der Waals surface area contributed by atoms with E-state index in [-0.39, 0.29) is 0 Å². The molecule has 0 aliphatic heterocycles. The maximum atomic E-state index is 4.74. The van der Waals surface area contributed by atoms with Gasteiger partial charge in [0.1, 0.15) is 0 Å². The molecule has 1 rings (SSSR count). The van der Waals surface area contributed by atoms with Crippen molar-refractivity contribution in [2.75, 3.05) is 7.11 Å². The van der Waals surface area contributed by atoms with E-state index in [4.69, 9.17) is 4.74 Å². The first-order valence-electron chi connectivity index (χ1n) is 3.86. The Kier molecular flexibility index (Phi) is 2.86. The summed E-state index contributed by atoms with van der Waals surface area (Å²) in [6, 6.07) is 6.12. The summed E-state index contributed by atoms with van der Waals surface area (Å²) in [6.45, 7) is 4.10. The van der Waals surface area contributed by atoms with E-state index in [0.717, 1.165) is 5.69 Å². The number of methoxy groups -OCH3 is 1. The lowest BCUT2D eigenvalue weighted by molar-refractivity contribution is 0.423. The molecule has 0 atom stereocenters. The lowest BCUT2D eigenvalue weighted by Crippen LogP contribution is -1.80. The number of aliphatic imine (C=N–C) groups is 1. The highest BCUT2D eigenvalue weighted by molar-refractivity contribution is 5.58. The summed E-state index contributed by atoms with van der Waals surface area (Å²) < 4.78 is 4.74. The van der Waals surface area contributed by atoms with Gasteiger partial charge in [0.25, 0.3) is 0 Å². The van der Waals surface area contributed by atoms with Crippen LogP contribution in [0, 0.1) is 13.8 Å². The molecule has 2 heteroatoms. The predicted molar refractivity (Wildman–Crippen MR) is 51.1 cm³/mol. The van der Waals surface area contributed by atoms with Gasteiger partial charge in [-0.05, 0) is 25.5 Å². The van der Waals surface area contributed by atoms with Gasteiger partial charge >= 0.3 is 0 Å². The van der Waals surface area contributed by atoms with Gasteiger partial charge in [0, 0.05) is 0 Å². The molecule has 0 amide bonds. The Morgan fingerprint density at radius 2 is 2.08 bits per heavy atom. The van der Waals surface area contributed by atoms with E-state index in [1.165, 1.54) is 17.5 Å². The summed E-state index contributed by atoms with van der Waals surface area (Å²) in [4.78, 5) is 4.12. The molecule has 0 aliphatic carbocycles. The first-order valence-corrected chi connectivity index (χ1v) is 3.86. The van der Waals surface area contributed by atoms with Crippen LogP contribution < -0.4 is 0 Å². The standard InChI is InChI=1S/C10H13NO/c1-8-4-5-10(9(2)6-8)11-7-12-3/h4-7H,1-3H3. The summed E-state index contributed by atoms with van der Waals surface area (Å²) in [7, 11) is 1.59. The van der Waals surface area contributed by atoms with E-state index in [0.29, 0.717) is 0 Å². The smallest absolute Gasteiger partial charge is 0.174 e. The van der Waals surface area contributed by atoms with Crippen molar-refractivity contribution < 1.29 is 4.74 Å². The summed E-state index contributed by atoms with van der Waals surface area (Å²) in [5.74, 6) is 0. The molecule has 0 N–H and O–H groups in total. The third kappa shape index (κ3) is 2.09. The normalized spacial score (nSPS) is 10.6. The van der Waals surface area contributed by atoms with Gasteiger partial charge in [-0.25, -0.2) is 4.99 Å². The zero-order valence-corrected chi connectivity index (χ0v) is 7.66. The first-order chi connectivity index (χ1) is 5.74. The van der Waals surface area contributed by atoms with Crippen LogP contribution in [0.3, 0.4) is 0 Å². The fourth-order valence-corrected chi connectivity index (χ4v) is 1.06. The largest absolute Gasteiger partial charge is 0.486 e. The Labute approximate surface area is 72.9 Å². The maximum Gasteiger partial charge on any atom is 0.174 e. The molecule has 12 heavy (non-hydrogen) atoms. The van der Waals surface area contributed by atoms with Gasteiger partial charge in [0.05, 0.1) is 12.8 Å². The molecule has 0 aromatic heterocycles. The monoisotopic (exact) mass is 163 g/mol. The van der Waals surface area contributed by atoms with Crippen molar-refractivity contribution in [1.82, 2.24) is 0 Å². The highest BCUT2D eigenvalue weighted by atomic mass is 16.5. The van der Waals surface area contributed by atoms with E-state index in [1.807, 2.05) is 19.1 Å². The van der Waals surface area contributed by atoms with Gasteiger partial charge in [-0.2, -0.15) is 0 Å². The van der Waals surface area contributed by atoms with E-state index < -0.39 is 0 Å². The Morgan fingerprint density at radius 1 is 1.33 bits per heavy atom. The van der Waals surface area contributed by atoms with Crippen LogP contribution in [-0.4, -0.2) is 13.5 Å². The highest BCUT2D eigenvalue weighted by Crippen LogP contribution is 2.18. The van der Waals surface area contributed by atoms with Crippen LogP contribution >= 0.6 is 0 Å². The molecule has 0 fully saturated rings. The molecular weight excluding hydrogens is 150 g/mol. The van der Waals surface area contributed by atoms with E-state index in [1.54, 1.807) is 7.11 Å². The lowest BCUT2D eigenvalue weighted by Gasteiger charge is -1.99. The summed E-state index contributed by atoms with van der Waals surface area (Å²) in [6.07, 6.45) is 1.44. The second kappa shape index (κ2) is 3.90. The number of benzene rings is 1. The van der Waals surface area contributed by atoms with Gasteiger partial charge in [-0.1, -0.05) is 17.7 Å². The molecule has 1 aromatic rings. The average molecular weight is 163 g/mol. The molecule has 0 radical (unpaired) electrons. The topological polar surface area (TPSA) is 21.6 Å². The van der Waals surface area contributed by atoms with Crippen LogP contribution in [0.2, 0.25) is 0 Å². The molecule has 0 bridgehead atoms. The van der Waals surface area contributed by atoms with Crippen LogP contribution in [0.4, 0.5) is 5.69 Å². The quantitative estimate of drug-likeness (QED) is 0.485. The molecule has 64 valence electrons. The highest BCUT2D eigenvalue weighted by Gasteiger charge is 1.94. The Balaban J connectivity index is 2.94. The van der Waals surface area contributed by atoms with Crippen molar-refractivity contribution in [3.8, 4) is 0 Å². The summed E-state index contributed by atoms with van der Waals surface area (Å²) in [5, 5.41) is 0. The first kappa shape index (κ1) is 8.78. The zero-order chi connectivity index (χ0) is 8.97. The predicted octanol–water partition coefficient (Wildman–Crippen LogP) is 2.61. The minimum atomic E-state index is 0.961. The fourth-order valence-electron chi connectivity index (χ4n) is 1.06. The molecule has 0 unspecified atom stereocenters. The van der Waals surface area contributed by atoms with Crippen LogP contribution in [0.25, 0.3) is 0 Å². The van der Waals surface area contributed by atoms with Gasteiger partial charge in [0.15, 0.2) is 6.40 Å². The second-order valence-corrected chi connectivity index (χ2v) is 2.76. The minimum Gasteiger partial charge on any atom is -0.486 e. The third-order valence-electron chi connectivity index (χ3n) is 1.65. The molecule has 0 heterocycles. The average Bonchev–Trinajstić information content (AvgIpc) is 2.03. The SMILES string of the molecule is COC=Nc1ccc(C)cc1C. The molecular formula is C10H13NO. The molecule has 2 nitrogen and oxygen atoms in total. The fraction of sp³-hybridized carbons (Fsp3) is 0.300. The minimum absolute atomic E-state index is 0.961. The summed E-state index contributed by atoms with van der Waals surface area (Å²) in [5.41, 5.74) is 3.38. The number of nitrogens with zero attached hydrogens (tertiary/aromatic N) is 1. The van der Waals surface area contributed by atoms with Crippen LogP contribution in [0.15, 0.2) is 23.2 Å². The summed E-state index contributed by atoms with van der Waals surface area (Å²) >= 11 is 0. The van der Waals surface area contributed by atoms with Crippen molar-refractivity contribution in [2.24, 2.45) is 4.99 Å². The number of ether oxygens (including phenoxy) is 1. The maximum absolute atomic E-state index is 4.74. The van der Waals surface area contributed by atoms with E-state index >= 15 is 0 Å². The second-order valence-electron chi connectivity index (χ2n) is 2.76. The van der Waals surface area contributed by atoms with Gasteiger partial charge in [-0.3, -0.25) is 0 Å². The Bertz CT molecular complexity index is 292. The molecule has 1 aromatic carbocycles. The van der Waals surface area contributed by atoms with Crippen molar-refractivity contribution in [1.29, 1.82) is 0 Å². The number of rotatable bonds is 2. The van der Waals surface area contributed by atoms with E-state index in [2.05, 4.69) is 18.0 Å². The molecule has 0 saturated heterocycles. The molecule has 0 saturated carbocycles. The van der Waals surface area contributed by atoms with Crippen molar-refractivity contribution >= 4 is 12.1 Å².